The molecule has 1 aromatic rings. The van der Waals surface area contributed by atoms with Crippen LogP contribution in [0.15, 0.2) is 18.2 Å². The van der Waals surface area contributed by atoms with Crippen molar-refractivity contribution in [2.75, 3.05) is 11.4 Å². The van der Waals surface area contributed by atoms with E-state index in [1.807, 2.05) is 0 Å². The summed E-state index contributed by atoms with van der Waals surface area (Å²) in [4.78, 5) is 15.4. The lowest BCUT2D eigenvalue weighted by Crippen LogP contribution is -2.41. The molecule has 0 radical (unpaired) electrons. The smallest absolute Gasteiger partial charge is 0.230 e. The summed E-state index contributed by atoms with van der Waals surface area (Å²) in [5.41, 5.74) is 9.53. The van der Waals surface area contributed by atoms with E-state index in [-0.39, 0.29) is 5.92 Å². The molecule has 3 heteroatoms. The van der Waals surface area contributed by atoms with Crippen molar-refractivity contribution in [1.82, 2.24) is 0 Å². The summed E-state index contributed by atoms with van der Waals surface area (Å²) in [6.07, 6.45) is 13.0. The molecular weight excluding hydrogens is 332 g/mol. The maximum Gasteiger partial charge on any atom is 0.230 e. The number of fused-ring (bicyclic) bond motifs is 1. The SMILES string of the molecule is CCCCC1CCC(C(=O)N2c3ccc(CCCCN)cc3CC2C)CC1. The van der Waals surface area contributed by atoms with E-state index >= 15 is 0 Å². The molecule has 2 aliphatic rings. The Morgan fingerprint density at radius 1 is 1.15 bits per heavy atom. The molecule has 1 aliphatic carbocycles. The molecule has 1 aromatic carbocycles. The van der Waals surface area contributed by atoms with E-state index in [0.29, 0.717) is 11.9 Å². The summed E-state index contributed by atoms with van der Waals surface area (Å²) in [5.74, 6) is 1.47. The minimum Gasteiger partial charge on any atom is -0.330 e. The number of hydrogen-bond donors (Lipinski definition) is 1. The maximum atomic E-state index is 13.3. The van der Waals surface area contributed by atoms with E-state index in [2.05, 4.69) is 36.9 Å². The van der Waals surface area contributed by atoms with Crippen LogP contribution in [0.3, 0.4) is 0 Å². The molecule has 0 spiro atoms. The summed E-state index contributed by atoms with van der Waals surface area (Å²) < 4.78 is 0. The molecule has 3 rings (SSSR count). The van der Waals surface area contributed by atoms with Crippen LogP contribution in [0.1, 0.15) is 82.8 Å². The largest absolute Gasteiger partial charge is 0.330 e. The number of anilines is 1. The van der Waals surface area contributed by atoms with E-state index < -0.39 is 0 Å². The number of nitrogens with two attached hydrogens (primary N) is 1. The Kier molecular flexibility index (Phi) is 7.34. The molecule has 0 saturated heterocycles. The highest BCUT2D eigenvalue weighted by Crippen LogP contribution is 2.38. The van der Waals surface area contributed by atoms with Crippen molar-refractivity contribution in [3.63, 3.8) is 0 Å². The highest BCUT2D eigenvalue weighted by molar-refractivity contribution is 5.97. The molecule has 1 aliphatic heterocycles. The van der Waals surface area contributed by atoms with Crippen LogP contribution in [-0.2, 0) is 17.6 Å². The molecule has 0 bridgehead atoms. The van der Waals surface area contributed by atoms with Gasteiger partial charge in [0.15, 0.2) is 0 Å². The fraction of sp³-hybridized carbons (Fsp3) is 0.708. The van der Waals surface area contributed by atoms with Crippen molar-refractivity contribution in [3.05, 3.63) is 29.3 Å². The number of unbranched alkanes of at least 4 members (excludes halogenated alkanes) is 2. The number of carbonyl (C=O) groups excluding carboxylic acids is 1. The zero-order chi connectivity index (χ0) is 19.2. The first-order chi connectivity index (χ1) is 13.1. The van der Waals surface area contributed by atoms with Gasteiger partial charge in [0.25, 0.3) is 0 Å². The number of carbonyl (C=O) groups is 1. The predicted octanol–water partition coefficient (Wildman–Crippen LogP) is 5.24. The van der Waals surface area contributed by atoms with E-state index in [0.717, 1.165) is 51.0 Å². The quantitative estimate of drug-likeness (QED) is 0.636. The van der Waals surface area contributed by atoms with Gasteiger partial charge in [0.1, 0.15) is 0 Å². The van der Waals surface area contributed by atoms with Gasteiger partial charge in [-0.2, -0.15) is 0 Å². The van der Waals surface area contributed by atoms with Crippen LogP contribution in [0.5, 0.6) is 0 Å². The standard InChI is InChI=1S/C24H38N2O/c1-3-4-7-19-9-12-21(13-10-19)24(27)26-18(2)16-22-17-20(8-5-6-15-25)11-14-23(22)26/h11,14,17-19,21H,3-10,12-13,15-16,25H2,1-2H3. The summed E-state index contributed by atoms with van der Waals surface area (Å²) in [6.45, 7) is 5.24. The van der Waals surface area contributed by atoms with Crippen LogP contribution in [0.25, 0.3) is 0 Å². The number of benzene rings is 1. The number of aryl methyl sites for hydroxylation is 1. The minimum absolute atomic E-state index is 0.237. The van der Waals surface area contributed by atoms with Gasteiger partial charge in [-0.15, -0.1) is 0 Å². The Morgan fingerprint density at radius 3 is 2.63 bits per heavy atom. The normalized spacial score (nSPS) is 24.9. The molecule has 1 unspecified atom stereocenters. The van der Waals surface area contributed by atoms with Gasteiger partial charge in [0.05, 0.1) is 0 Å². The number of nitrogens with zero attached hydrogens (tertiary/aromatic N) is 1. The van der Waals surface area contributed by atoms with Crippen molar-refractivity contribution in [2.45, 2.75) is 90.5 Å². The summed E-state index contributed by atoms with van der Waals surface area (Å²) >= 11 is 0. The van der Waals surface area contributed by atoms with Gasteiger partial charge in [-0.3, -0.25) is 4.79 Å². The minimum atomic E-state index is 0.237. The molecule has 3 nitrogen and oxygen atoms in total. The lowest BCUT2D eigenvalue weighted by Gasteiger charge is -2.32. The Morgan fingerprint density at radius 2 is 1.93 bits per heavy atom. The average molecular weight is 371 g/mol. The van der Waals surface area contributed by atoms with Gasteiger partial charge >= 0.3 is 0 Å². The second-order valence-electron chi connectivity index (χ2n) is 8.83. The zero-order valence-electron chi connectivity index (χ0n) is 17.4. The Labute approximate surface area is 165 Å². The zero-order valence-corrected chi connectivity index (χ0v) is 17.4. The van der Waals surface area contributed by atoms with Gasteiger partial charge in [-0.1, -0.05) is 38.3 Å². The molecule has 1 heterocycles. The number of rotatable bonds is 8. The monoisotopic (exact) mass is 370 g/mol. The summed E-state index contributed by atoms with van der Waals surface area (Å²) in [6, 6.07) is 7.04. The first-order valence-electron chi connectivity index (χ1n) is 11.3. The fourth-order valence-corrected chi connectivity index (χ4v) is 5.04. The van der Waals surface area contributed by atoms with Crippen molar-refractivity contribution in [3.8, 4) is 0 Å². The third kappa shape index (κ3) is 4.93. The second-order valence-corrected chi connectivity index (χ2v) is 8.83. The van der Waals surface area contributed by atoms with E-state index in [1.165, 1.54) is 48.9 Å². The number of hydrogen-bond acceptors (Lipinski definition) is 2. The topological polar surface area (TPSA) is 46.3 Å². The van der Waals surface area contributed by atoms with Gasteiger partial charge in [0, 0.05) is 17.6 Å². The van der Waals surface area contributed by atoms with Crippen LogP contribution in [0, 0.1) is 11.8 Å². The molecule has 0 aromatic heterocycles. The van der Waals surface area contributed by atoms with Crippen LogP contribution < -0.4 is 10.6 Å². The lowest BCUT2D eigenvalue weighted by molar-refractivity contribution is -0.123. The van der Waals surface area contributed by atoms with E-state index in [1.54, 1.807) is 0 Å². The third-order valence-electron chi connectivity index (χ3n) is 6.68. The first kappa shape index (κ1) is 20.4. The lowest BCUT2D eigenvalue weighted by atomic mass is 9.79. The van der Waals surface area contributed by atoms with Crippen LogP contribution >= 0.6 is 0 Å². The van der Waals surface area contributed by atoms with Crippen LogP contribution in [0.4, 0.5) is 5.69 Å². The van der Waals surface area contributed by atoms with Crippen molar-refractivity contribution >= 4 is 11.6 Å². The average Bonchev–Trinajstić information content (AvgIpc) is 3.01. The second kappa shape index (κ2) is 9.73. The molecular formula is C24H38N2O. The molecule has 27 heavy (non-hydrogen) atoms. The van der Waals surface area contributed by atoms with Gasteiger partial charge < -0.3 is 10.6 Å². The van der Waals surface area contributed by atoms with Crippen molar-refractivity contribution in [1.29, 1.82) is 0 Å². The molecule has 1 saturated carbocycles. The van der Waals surface area contributed by atoms with Crippen LogP contribution in [-0.4, -0.2) is 18.5 Å². The van der Waals surface area contributed by atoms with Gasteiger partial charge in [-0.25, -0.2) is 0 Å². The van der Waals surface area contributed by atoms with Crippen molar-refractivity contribution in [2.24, 2.45) is 17.6 Å². The highest BCUT2D eigenvalue weighted by atomic mass is 16.2. The molecule has 1 atom stereocenters. The molecule has 1 fully saturated rings. The molecule has 1 amide bonds. The van der Waals surface area contributed by atoms with E-state index in [4.69, 9.17) is 5.73 Å². The van der Waals surface area contributed by atoms with Crippen molar-refractivity contribution < 1.29 is 4.79 Å². The fourth-order valence-electron chi connectivity index (χ4n) is 5.04. The number of amides is 1. The highest BCUT2D eigenvalue weighted by Gasteiger charge is 2.36. The molecule has 150 valence electrons. The summed E-state index contributed by atoms with van der Waals surface area (Å²) in [7, 11) is 0. The predicted molar refractivity (Wildman–Crippen MR) is 114 cm³/mol. The third-order valence-corrected chi connectivity index (χ3v) is 6.68. The van der Waals surface area contributed by atoms with Crippen LogP contribution in [0.2, 0.25) is 0 Å². The summed E-state index contributed by atoms with van der Waals surface area (Å²) in [5, 5.41) is 0. The maximum absolute atomic E-state index is 13.3. The van der Waals surface area contributed by atoms with Gasteiger partial charge in [-0.05, 0) is 87.9 Å². The van der Waals surface area contributed by atoms with Gasteiger partial charge in [0.2, 0.25) is 5.91 Å². The first-order valence-corrected chi connectivity index (χ1v) is 11.3. The van der Waals surface area contributed by atoms with E-state index in [9.17, 15) is 4.79 Å². The Bertz CT molecular complexity index is 619. The Hall–Kier alpha value is -1.35. The molecule has 2 N–H and O–H groups in total. The Balaban J connectivity index is 1.62.